The van der Waals surface area contributed by atoms with E-state index < -0.39 is 0 Å². The molecule has 0 heterocycles. The summed E-state index contributed by atoms with van der Waals surface area (Å²) < 4.78 is 0. The Balaban J connectivity index is 2.22. The van der Waals surface area contributed by atoms with Crippen molar-refractivity contribution < 1.29 is 0 Å². The molecule has 0 bridgehead atoms. The third-order valence-corrected chi connectivity index (χ3v) is 4.73. The Labute approximate surface area is 109 Å². The van der Waals surface area contributed by atoms with Crippen LogP contribution in [0.5, 0.6) is 0 Å². The lowest BCUT2D eigenvalue weighted by Crippen LogP contribution is -2.32. The van der Waals surface area contributed by atoms with Crippen LogP contribution in [0.15, 0.2) is 0 Å². The van der Waals surface area contributed by atoms with Crippen LogP contribution in [0.2, 0.25) is 0 Å². The lowest BCUT2D eigenvalue weighted by atomic mass is 9.88. The van der Waals surface area contributed by atoms with Gasteiger partial charge in [0.05, 0.1) is 0 Å². The molecule has 0 saturated heterocycles. The summed E-state index contributed by atoms with van der Waals surface area (Å²) in [7, 11) is 0. The SMILES string of the molecule is CCN(CCC(C)C(C)C)CC1CCCCC1. The highest BCUT2D eigenvalue weighted by molar-refractivity contribution is 4.71. The molecular weight excluding hydrogens is 206 g/mol. The van der Waals surface area contributed by atoms with Crippen LogP contribution in [0.3, 0.4) is 0 Å². The Hall–Kier alpha value is -0.0400. The summed E-state index contributed by atoms with van der Waals surface area (Å²) in [5.74, 6) is 2.71. The molecule has 0 amide bonds. The molecule has 1 fully saturated rings. The second-order valence-electron chi connectivity index (χ2n) is 6.41. The van der Waals surface area contributed by atoms with Crippen molar-refractivity contribution in [1.82, 2.24) is 4.90 Å². The maximum atomic E-state index is 2.69. The standard InChI is InChI=1S/C16H33N/c1-5-17(12-11-15(4)14(2)3)13-16-9-7-6-8-10-16/h14-16H,5-13H2,1-4H3. The van der Waals surface area contributed by atoms with Crippen molar-refractivity contribution in [2.24, 2.45) is 17.8 Å². The van der Waals surface area contributed by atoms with Gasteiger partial charge in [-0.1, -0.05) is 47.0 Å². The Kier molecular flexibility index (Phi) is 7.18. The summed E-state index contributed by atoms with van der Waals surface area (Å²) in [5, 5.41) is 0. The first kappa shape index (κ1) is 15.0. The van der Waals surface area contributed by atoms with E-state index in [1.165, 1.54) is 58.2 Å². The molecule has 0 spiro atoms. The van der Waals surface area contributed by atoms with Crippen LogP contribution in [0.1, 0.15) is 66.2 Å². The molecule has 0 aliphatic heterocycles. The van der Waals surface area contributed by atoms with E-state index in [0.717, 1.165) is 17.8 Å². The molecule has 1 heteroatoms. The average Bonchev–Trinajstić information content (AvgIpc) is 2.35. The molecule has 0 aromatic carbocycles. The van der Waals surface area contributed by atoms with Crippen molar-refractivity contribution >= 4 is 0 Å². The maximum Gasteiger partial charge on any atom is 0.000954 e. The summed E-state index contributed by atoms with van der Waals surface area (Å²) in [5.41, 5.74) is 0. The van der Waals surface area contributed by atoms with Gasteiger partial charge in [-0.15, -0.1) is 0 Å². The van der Waals surface area contributed by atoms with Crippen LogP contribution in [-0.2, 0) is 0 Å². The van der Waals surface area contributed by atoms with Gasteiger partial charge in [0.2, 0.25) is 0 Å². The van der Waals surface area contributed by atoms with Crippen molar-refractivity contribution in [2.75, 3.05) is 19.6 Å². The van der Waals surface area contributed by atoms with E-state index in [1.807, 2.05) is 0 Å². The highest BCUT2D eigenvalue weighted by atomic mass is 15.1. The third kappa shape index (κ3) is 5.90. The van der Waals surface area contributed by atoms with E-state index in [-0.39, 0.29) is 0 Å². The molecule has 17 heavy (non-hydrogen) atoms. The number of nitrogens with zero attached hydrogens (tertiary/aromatic N) is 1. The zero-order valence-corrected chi connectivity index (χ0v) is 12.5. The van der Waals surface area contributed by atoms with E-state index in [9.17, 15) is 0 Å². The van der Waals surface area contributed by atoms with Crippen LogP contribution in [0, 0.1) is 17.8 Å². The van der Waals surface area contributed by atoms with E-state index in [4.69, 9.17) is 0 Å². The smallest absolute Gasteiger partial charge is 0.000954 e. The molecule has 1 rings (SSSR count). The number of hydrogen-bond donors (Lipinski definition) is 0. The molecule has 0 N–H and O–H groups in total. The Morgan fingerprint density at radius 1 is 1.06 bits per heavy atom. The second kappa shape index (κ2) is 8.13. The highest BCUT2D eigenvalue weighted by Gasteiger charge is 2.17. The van der Waals surface area contributed by atoms with Crippen LogP contribution in [0.25, 0.3) is 0 Å². The third-order valence-electron chi connectivity index (χ3n) is 4.73. The molecule has 0 aromatic rings. The van der Waals surface area contributed by atoms with Gasteiger partial charge in [-0.25, -0.2) is 0 Å². The second-order valence-corrected chi connectivity index (χ2v) is 6.41. The summed E-state index contributed by atoms with van der Waals surface area (Å²) >= 11 is 0. The molecule has 0 radical (unpaired) electrons. The average molecular weight is 239 g/mol. The summed E-state index contributed by atoms with van der Waals surface area (Å²) in [6.07, 6.45) is 8.77. The van der Waals surface area contributed by atoms with Gasteiger partial charge < -0.3 is 4.90 Å². The van der Waals surface area contributed by atoms with Gasteiger partial charge >= 0.3 is 0 Å². The van der Waals surface area contributed by atoms with Gasteiger partial charge in [-0.3, -0.25) is 0 Å². The molecule has 0 aromatic heterocycles. The first-order valence-corrected chi connectivity index (χ1v) is 7.85. The van der Waals surface area contributed by atoms with Crippen molar-refractivity contribution in [2.45, 2.75) is 66.2 Å². The van der Waals surface area contributed by atoms with Crippen molar-refractivity contribution in [1.29, 1.82) is 0 Å². The molecular formula is C16H33N. The number of rotatable bonds is 7. The quantitative estimate of drug-likeness (QED) is 0.629. The maximum absolute atomic E-state index is 2.69. The number of hydrogen-bond acceptors (Lipinski definition) is 1. The fourth-order valence-electron chi connectivity index (χ4n) is 2.83. The molecule has 1 aliphatic carbocycles. The Morgan fingerprint density at radius 3 is 2.24 bits per heavy atom. The van der Waals surface area contributed by atoms with E-state index >= 15 is 0 Å². The van der Waals surface area contributed by atoms with E-state index in [0.29, 0.717) is 0 Å². The Morgan fingerprint density at radius 2 is 1.71 bits per heavy atom. The van der Waals surface area contributed by atoms with Crippen LogP contribution < -0.4 is 0 Å². The summed E-state index contributed by atoms with van der Waals surface area (Å²) in [4.78, 5) is 2.69. The first-order chi connectivity index (χ1) is 8.13. The Bertz CT molecular complexity index is 182. The molecule has 1 nitrogen and oxygen atoms in total. The predicted molar refractivity (Wildman–Crippen MR) is 77.3 cm³/mol. The predicted octanol–water partition coefficient (Wildman–Crippen LogP) is 4.57. The largest absolute Gasteiger partial charge is 0.303 e. The van der Waals surface area contributed by atoms with Gasteiger partial charge in [-0.05, 0) is 50.1 Å². The van der Waals surface area contributed by atoms with Gasteiger partial charge in [0.25, 0.3) is 0 Å². The van der Waals surface area contributed by atoms with Gasteiger partial charge in [0, 0.05) is 6.54 Å². The summed E-state index contributed by atoms with van der Waals surface area (Å²) in [6, 6.07) is 0. The molecule has 1 atom stereocenters. The fourth-order valence-corrected chi connectivity index (χ4v) is 2.83. The molecule has 1 unspecified atom stereocenters. The van der Waals surface area contributed by atoms with Crippen LogP contribution in [-0.4, -0.2) is 24.5 Å². The van der Waals surface area contributed by atoms with Crippen molar-refractivity contribution in [3.63, 3.8) is 0 Å². The zero-order valence-electron chi connectivity index (χ0n) is 12.5. The summed E-state index contributed by atoms with van der Waals surface area (Å²) in [6.45, 7) is 13.3. The molecule has 1 aliphatic rings. The van der Waals surface area contributed by atoms with Gasteiger partial charge in [0.15, 0.2) is 0 Å². The first-order valence-electron chi connectivity index (χ1n) is 7.85. The van der Waals surface area contributed by atoms with Crippen molar-refractivity contribution in [3.05, 3.63) is 0 Å². The fraction of sp³-hybridized carbons (Fsp3) is 1.00. The minimum absolute atomic E-state index is 0.836. The van der Waals surface area contributed by atoms with Gasteiger partial charge in [-0.2, -0.15) is 0 Å². The topological polar surface area (TPSA) is 3.24 Å². The normalized spacial score (nSPS) is 20.1. The molecule has 102 valence electrons. The van der Waals surface area contributed by atoms with Crippen LogP contribution in [0.4, 0.5) is 0 Å². The zero-order chi connectivity index (χ0) is 12.7. The van der Waals surface area contributed by atoms with Crippen LogP contribution >= 0.6 is 0 Å². The van der Waals surface area contributed by atoms with Gasteiger partial charge in [0.1, 0.15) is 0 Å². The monoisotopic (exact) mass is 239 g/mol. The van der Waals surface area contributed by atoms with E-state index in [2.05, 4.69) is 32.6 Å². The lowest BCUT2D eigenvalue weighted by Gasteiger charge is -2.30. The minimum atomic E-state index is 0.836. The minimum Gasteiger partial charge on any atom is -0.303 e. The highest BCUT2D eigenvalue weighted by Crippen LogP contribution is 2.24. The van der Waals surface area contributed by atoms with Crippen molar-refractivity contribution in [3.8, 4) is 0 Å². The lowest BCUT2D eigenvalue weighted by molar-refractivity contribution is 0.192. The van der Waals surface area contributed by atoms with E-state index in [1.54, 1.807) is 0 Å². The molecule has 1 saturated carbocycles.